The van der Waals surface area contributed by atoms with E-state index in [4.69, 9.17) is 5.73 Å². The summed E-state index contributed by atoms with van der Waals surface area (Å²) in [5.74, 6) is -0.892. The first kappa shape index (κ1) is 12.7. The Balaban J connectivity index is 2.21. The summed E-state index contributed by atoms with van der Waals surface area (Å²) in [5.41, 5.74) is 6.52. The quantitative estimate of drug-likeness (QED) is 0.894. The normalized spacial score (nSPS) is 10.4. The van der Waals surface area contributed by atoms with Crippen molar-refractivity contribution in [1.29, 1.82) is 0 Å². The van der Waals surface area contributed by atoms with Crippen molar-refractivity contribution in [2.24, 2.45) is 5.73 Å². The minimum absolute atomic E-state index is 0.185. The van der Waals surface area contributed by atoms with Crippen molar-refractivity contribution in [2.75, 3.05) is 5.32 Å². The highest BCUT2D eigenvalue weighted by Gasteiger charge is 2.13. The SMILES string of the molecule is Cc1cccc(F)c1NC(=O)c1csc(CN)n1. The van der Waals surface area contributed by atoms with Gasteiger partial charge in [0.2, 0.25) is 0 Å². The molecule has 3 N–H and O–H groups in total. The summed E-state index contributed by atoms with van der Waals surface area (Å²) in [6.07, 6.45) is 0. The number of carbonyl (C=O) groups excluding carboxylic acids is 1. The van der Waals surface area contributed by atoms with Gasteiger partial charge in [-0.2, -0.15) is 0 Å². The predicted octanol–water partition coefficient (Wildman–Crippen LogP) is 2.30. The fraction of sp³-hybridized carbons (Fsp3) is 0.167. The van der Waals surface area contributed by atoms with Crippen molar-refractivity contribution in [2.45, 2.75) is 13.5 Å². The van der Waals surface area contributed by atoms with Gasteiger partial charge in [-0.25, -0.2) is 9.37 Å². The Labute approximate surface area is 108 Å². The second-order valence-electron chi connectivity index (χ2n) is 3.72. The van der Waals surface area contributed by atoms with Crippen LogP contribution in [0, 0.1) is 12.7 Å². The lowest BCUT2D eigenvalue weighted by Gasteiger charge is -2.07. The van der Waals surface area contributed by atoms with Crippen molar-refractivity contribution in [3.8, 4) is 0 Å². The van der Waals surface area contributed by atoms with Crippen molar-refractivity contribution < 1.29 is 9.18 Å². The molecule has 0 unspecified atom stereocenters. The number of rotatable bonds is 3. The number of benzene rings is 1. The number of halogens is 1. The molecule has 1 aromatic heterocycles. The van der Waals surface area contributed by atoms with E-state index in [-0.39, 0.29) is 17.9 Å². The lowest BCUT2D eigenvalue weighted by atomic mass is 10.2. The third-order valence-electron chi connectivity index (χ3n) is 2.42. The van der Waals surface area contributed by atoms with Crippen LogP contribution >= 0.6 is 11.3 Å². The molecule has 0 fully saturated rings. The van der Waals surface area contributed by atoms with E-state index in [1.54, 1.807) is 24.4 Å². The molecule has 1 heterocycles. The van der Waals surface area contributed by atoms with E-state index in [1.165, 1.54) is 17.4 Å². The molecule has 0 atom stereocenters. The highest BCUT2D eigenvalue weighted by atomic mass is 32.1. The number of nitrogens with zero attached hydrogens (tertiary/aromatic N) is 1. The van der Waals surface area contributed by atoms with Crippen LogP contribution in [0.2, 0.25) is 0 Å². The summed E-state index contributed by atoms with van der Waals surface area (Å²) in [4.78, 5) is 15.9. The van der Waals surface area contributed by atoms with Crippen molar-refractivity contribution in [3.05, 3.63) is 45.7 Å². The number of aryl methyl sites for hydroxylation is 1. The first-order valence-electron chi connectivity index (χ1n) is 5.32. The van der Waals surface area contributed by atoms with Crippen LogP contribution in [-0.2, 0) is 6.54 Å². The molecule has 0 bridgehead atoms. The van der Waals surface area contributed by atoms with E-state index in [2.05, 4.69) is 10.3 Å². The van der Waals surface area contributed by atoms with Gasteiger partial charge in [-0.1, -0.05) is 12.1 Å². The monoisotopic (exact) mass is 265 g/mol. The maximum atomic E-state index is 13.5. The van der Waals surface area contributed by atoms with E-state index < -0.39 is 11.7 Å². The Kier molecular flexibility index (Phi) is 3.69. The van der Waals surface area contributed by atoms with Crippen molar-refractivity contribution in [3.63, 3.8) is 0 Å². The van der Waals surface area contributed by atoms with Gasteiger partial charge in [0, 0.05) is 11.9 Å². The molecule has 2 aromatic rings. The second-order valence-corrected chi connectivity index (χ2v) is 4.66. The molecule has 0 saturated heterocycles. The molecule has 0 aliphatic heterocycles. The van der Waals surface area contributed by atoms with Gasteiger partial charge in [-0.05, 0) is 18.6 Å². The molecule has 0 spiro atoms. The predicted molar refractivity (Wildman–Crippen MR) is 69.1 cm³/mol. The highest BCUT2D eigenvalue weighted by molar-refractivity contribution is 7.09. The summed E-state index contributed by atoms with van der Waals surface area (Å²) >= 11 is 1.31. The minimum Gasteiger partial charge on any atom is -0.325 e. The van der Waals surface area contributed by atoms with E-state index >= 15 is 0 Å². The number of carbonyl (C=O) groups is 1. The Morgan fingerprint density at radius 2 is 2.33 bits per heavy atom. The van der Waals surface area contributed by atoms with Gasteiger partial charge in [0.05, 0.1) is 5.69 Å². The van der Waals surface area contributed by atoms with Crippen LogP contribution in [0.15, 0.2) is 23.6 Å². The molecule has 94 valence electrons. The molecule has 0 aliphatic carbocycles. The molecule has 4 nitrogen and oxygen atoms in total. The molecule has 0 saturated carbocycles. The number of para-hydroxylation sites is 1. The molecular weight excluding hydrogens is 253 g/mol. The number of nitrogens with two attached hydrogens (primary N) is 1. The van der Waals surface area contributed by atoms with Crippen LogP contribution in [0.25, 0.3) is 0 Å². The highest BCUT2D eigenvalue weighted by Crippen LogP contribution is 2.20. The van der Waals surface area contributed by atoms with E-state index in [0.717, 1.165) is 0 Å². The third kappa shape index (κ3) is 2.55. The first-order valence-corrected chi connectivity index (χ1v) is 6.20. The molecule has 0 radical (unpaired) electrons. The summed E-state index contributed by atoms with van der Waals surface area (Å²) in [7, 11) is 0. The van der Waals surface area contributed by atoms with Gasteiger partial charge in [0.1, 0.15) is 16.5 Å². The second kappa shape index (κ2) is 5.24. The maximum absolute atomic E-state index is 13.5. The minimum atomic E-state index is -0.461. The summed E-state index contributed by atoms with van der Waals surface area (Å²) in [6, 6.07) is 4.62. The lowest BCUT2D eigenvalue weighted by Crippen LogP contribution is -2.14. The number of amides is 1. The summed E-state index contributed by atoms with van der Waals surface area (Å²) in [6.45, 7) is 2.02. The molecule has 1 aromatic carbocycles. The number of aromatic nitrogens is 1. The fourth-order valence-corrected chi connectivity index (χ4v) is 2.13. The summed E-state index contributed by atoms with van der Waals surface area (Å²) < 4.78 is 13.5. The number of anilines is 1. The average Bonchev–Trinajstić information content (AvgIpc) is 2.82. The standard InChI is InChI=1S/C12H12FN3OS/c1-7-3-2-4-8(13)11(7)16-12(17)9-6-18-10(5-14)15-9/h2-4,6H,5,14H2,1H3,(H,16,17). The van der Waals surface area contributed by atoms with Gasteiger partial charge < -0.3 is 11.1 Å². The van der Waals surface area contributed by atoms with Crippen LogP contribution in [-0.4, -0.2) is 10.9 Å². The van der Waals surface area contributed by atoms with Crippen LogP contribution < -0.4 is 11.1 Å². The summed E-state index contributed by atoms with van der Waals surface area (Å²) in [5, 5.41) is 4.80. The first-order chi connectivity index (χ1) is 8.61. The largest absolute Gasteiger partial charge is 0.325 e. The van der Waals surface area contributed by atoms with Gasteiger partial charge in [0.25, 0.3) is 5.91 Å². The van der Waals surface area contributed by atoms with Crippen LogP contribution in [0.4, 0.5) is 10.1 Å². The molecule has 1 amide bonds. The third-order valence-corrected chi connectivity index (χ3v) is 3.29. The van der Waals surface area contributed by atoms with Crippen molar-refractivity contribution >= 4 is 22.9 Å². The van der Waals surface area contributed by atoms with Gasteiger partial charge in [0.15, 0.2) is 0 Å². The average molecular weight is 265 g/mol. The van der Waals surface area contributed by atoms with E-state index in [0.29, 0.717) is 10.6 Å². The smallest absolute Gasteiger partial charge is 0.275 e. The zero-order valence-electron chi connectivity index (χ0n) is 9.74. The Hall–Kier alpha value is -1.79. The van der Waals surface area contributed by atoms with E-state index in [1.807, 2.05) is 0 Å². The van der Waals surface area contributed by atoms with Crippen LogP contribution in [0.1, 0.15) is 21.1 Å². The Morgan fingerprint density at radius 1 is 1.56 bits per heavy atom. The molecular formula is C12H12FN3OS. The zero-order valence-corrected chi connectivity index (χ0v) is 10.6. The topological polar surface area (TPSA) is 68.0 Å². The number of nitrogens with one attached hydrogen (secondary N) is 1. The van der Waals surface area contributed by atoms with Gasteiger partial charge in [-0.3, -0.25) is 4.79 Å². The van der Waals surface area contributed by atoms with Gasteiger partial charge >= 0.3 is 0 Å². The Morgan fingerprint density at radius 3 is 2.94 bits per heavy atom. The molecule has 18 heavy (non-hydrogen) atoms. The Bertz CT molecular complexity index is 562. The molecule has 2 rings (SSSR count). The lowest BCUT2D eigenvalue weighted by molar-refractivity contribution is 0.102. The fourth-order valence-electron chi connectivity index (χ4n) is 1.48. The van der Waals surface area contributed by atoms with Crippen LogP contribution in [0.5, 0.6) is 0 Å². The zero-order chi connectivity index (χ0) is 13.1. The van der Waals surface area contributed by atoms with Crippen LogP contribution in [0.3, 0.4) is 0 Å². The van der Waals surface area contributed by atoms with E-state index in [9.17, 15) is 9.18 Å². The van der Waals surface area contributed by atoms with Gasteiger partial charge in [-0.15, -0.1) is 11.3 Å². The number of thiazole rings is 1. The molecule has 6 heteroatoms. The maximum Gasteiger partial charge on any atom is 0.275 e. The number of hydrogen-bond donors (Lipinski definition) is 2. The van der Waals surface area contributed by atoms with Crippen molar-refractivity contribution in [1.82, 2.24) is 4.98 Å². The number of hydrogen-bond acceptors (Lipinski definition) is 4. The molecule has 0 aliphatic rings.